The summed E-state index contributed by atoms with van der Waals surface area (Å²) < 4.78 is 3.46. The number of phenolic OH excluding ortho intramolecular Hbond substituents is 1. The van der Waals surface area contributed by atoms with Gasteiger partial charge in [0.2, 0.25) is 0 Å². The molecule has 1 N–H and O–H groups in total. The molecule has 0 radical (unpaired) electrons. The number of ether oxygens (including phenoxy) is 1. The lowest BCUT2D eigenvalue weighted by Crippen LogP contribution is -2.36. The van der Waals surface area contributed by atoms with Crippen molar-refractivity contribution in [2.24, 2.45) is 0 Å². The van der Waals surface area contributed by atoms with Gasteiger partial charge in [-0.1, -0.05) is 41.5 Å². The lowest BCUT2D eigenvalue weighted by Gasteiger charge is -2.32. The monoisotopic (exact) mass is 421 g/mol. The van der Waals surface area contributed by atoms with E-state index < -0.39 is 15.6 Å². The summed E-state index contributed by atoms with van der Waals surface area (Å²) in [5.41, 5.74) is 1.34. The predicted octanol–water partition coefficient (Wildman–Crippen LogP) is 5.22. The van der Waals surface area contributed by atoms with Gasteiger partial charge in [0, 0.05) is 16.8 Å². The van der Waals surface area contributed by atoms with E-state index in [9.17, 15) is 9.90 Å². The van der Waals surface area contributed by atoms with Crippen molar-refractivity contribution in [1.29, 1.82) is 0 Å². The average Bonchev–Trinajstić information content (AvgIpc) is 2.36. The minimum Gasteiger partial charge on any atom is -0.507 e. The van der Waals surface area contributed by atoms with Gasteiger partial charge in [-0.3, -0.25) is 4.90 Å². The molecule has 0 atom stereocenters. The van der Waals surface area contributed by atoms with Crippen molar-refractivity contribution in [2.45, 2.75) is 61.8 Å². The number of anilines is 1. The van der Waals surface area contributed by atoms with Crippen LogP contribution in [0.15, 0.2) is 12.1 Å². The van der Waals surface area contributed by atoms with Crippen molar-refractivity contribution in [1.82, 2.24) is 0 Å². The fourth-order valence-electron chi connectivity index (χ4n) is 2.38. The van der Waals surface area contributed by atoms with E-state index in [1.807, 2.05) is 41.5 Å². The number of carbonyl (C=O) groups excluding carboxylic acids is 1. The maximum absolute atomic E-state index is 12.4. The molecule has 1 rings (SSSR count). The molecule has 1 aromatic rings. The number of aromatic hydroxyl groups is 1. The van der Waals surface area contributed by atoms with Gasteiger partial charge in [0.05, 0.1) is 0 Å². The Labute approximate surface area is 172 Å². The first kappa shape index (κ1) is 22.7. The van der Waals surface area contributed by atoms with Crippen LogP contribution in [0, 0.1) is 0 Å². The average molecular weight is 422 g/mol. The lowest BCUT2D eigenvalue weighted by atomic mass is 9.79. The number of thiol groups is 4. The van der Waals surface area contributed by atoms with Gasteiger partial charge in [-0.05, 0) is 23.0 Å². The van der Waals surface area contributed by atoms with Crippen LogP contribution in [0.5, 0.6) is 5.75 Å². The smallest absolute Gasteiger partial charge is 0.417 e. The second-order valence-electron chi connectivity index (χ2n) is 7.82. The van der Waals surface area contributed by atoms with Gasteiger partial charge in [-0.15, -0.1) is 50.5 Å². The van der Waals surface area contributed by atoms with Crippen molar-refractivity contribution in [3.63, 3.8) is 0 Å². The summed E-state index contributed by atoms with van der Waals surface area (Å²) in [6.07, 6.45) is -0.671. The zero-order chi connectivity index (χ0) is 19.7. The molecular weight excluding hydrogens is 394 g/mol. The molecule has 4 nitrogen and oxygen atoms in total. The summed E-state index contributed by atoms with van der Waals surface area (Å²) in [5, 5.41) is 10.8. The third-order valence-electron chi connectivity index (χ3n) is 3.62. The number of phenols is 1. The Hall–Kier alpha value is -0.310. The Morgan fingerprint density at radius 1 is 1.00 bits per heavy atom. The van der Waals surface area contributed by atoms with E-state index in [0.717, 1.165) is 11.1 Å². The molecule has 25 heavy (non-hydrogen) atoms. The molecule has 0 unspecified atom stereocenters. The molecule has 8 heteroatoms. The first-order chi connectivity index (χ1) is 11.2. The number of nitrogens with zero attached hydrogens (tertiary/aromatic N) is 1. The summed E-state index contributed by atoms with van der Waals surface area (Å²) in [6, 6.07) is 3.52. The zero-order valence-electron chi connectivity index (χ0n) is 15.3. The van der Waals surface area contributed by atoms with Crippen LogP contribution in [0.4, 0.5) is 10.5 Å². The predicted molar refractivity (Wildman–Crippen MR) is 118 cm³/mol. The molecule has 0 heterocycles. The number of carbonyl (C=O) groups is 1. The van der Waals surface area contributed by atoms with Crippen LogP contribution < -0.4 is 4.90 Å². The van der Waals surface area contributed by atoms with E-state index >= 15 is 0 Å². The highest BCUT2D eigenvalue weighted by molar-refractivity contribution is 7.99. The highest BCUT2D eigenvalue weighted by Crippen LogP contribution is 2.42. The topological polar surface area (TPSA) is 49.8 Å². The Bertz CT molecular complexity index is 599. The minimum atomic E-state index is -0.864. The summed E-state index contributed by atoms with van der Waals surface area (Å²) in [5.74, 6) is 0.230. The maximum Gasteiger partial charge on any atom is 0.417 e. The summed E-state index contributed by atoms with van der Waals surface area (Å²) in [4.78, 5) is 13.7. The van der Waals surface area contributed by atoms with Crippen LogP contribution in [0.1, 0.15) is 52.7 Å². The van der Waals surface area contributed by atoms with Gasteiger partial charge < -0.3 is 9.84 Å². The molecule has 0 spiro atoms. The van der Waals surface area contributed by atoms with Crippen molar-refractivity contribution < 1.29 is 14.6 Å². The molecule has 1 aromatic carbocycles. The molecular formula is C17H27NO3S4. The van der Waals surface area contributed by atoms with Crippen LogP contribution in [0.2, 0.25) is 0 Å². The van der Waals surface area contributed by atoms with Crippen molar-refractivity contribution in [3.8, 4) is 5.75 Å². The molecule has 0 saturated heterocycles. The summed E-state index contributed by atoms with van der Waals surface area (Å²) >= 11 is 16.5. The largest absolute Gasteiger partial charge is 0.507 e. The molecule has 142 valence electrons. The second-order valence-corrected chi connectivity index (χ2v) is 10.5. The van der Waals surface area contributed by atoms with Crippen LogP contribution >= 0.6 is 50.5 Å². The number of benzene rings is 1. The van der Waals surface area contributed by atoms with Crippen molar-refractivity contribution in [2.75, 3.05) is 4.90 Å². The quantitative estimate of drug-likeness (QED) is 0.344. The fourth-order valence-corrected chi connectivity index (χ4v) is 3.02. The van der Waals surface area contributed by atoms with Gasteiger partial charge in [0.15, 0.2) is 4.77 Å². The molecule has 0 aliphatic heterocycles. The first-order valence-corrected chi connectivity index (χ1v) is 9.83. The molecule has 0 aliphatic carbocycles. The van der Waals surface area contributed by atoms with Crippen LogP contribution in [-0.2, 0) is 15.6 Å². The number of hydrogen-bond donors (Lipinski definition) is 5. The summed E-state index contributed by atoms with van der Waals surface area (Å²) in [6.45, 7) is 12.0. The van der Waals surface area contributed by atoms with Crippen LogP contribution in [0.3, 0.4) is 0 Å². The van der Waals surface area contributed by atoms with Crippen LogP contribution in [0.25, 0.3) is 0 Å². The minimum absolute atomic E-state index is 0.230. The van der Waals surface area contributed by atoms with Crippen LogP contribution in [-0.4, -0.2) is 20.7 Å². The maximum atomic E-state index is 12.4. The molecule has 0 aromatic heterocycles. The SMILES string of the molecule is CC(C)(C)c1cc(N(C(=O)OC(S)S)C(S)S)cc(C(C)(C)C)c1O. The number of hydrogen-bond acceptors (Lipinski definition) is 7. The molecule has 0 bridgehead atoms. The van der Waals surface area contributed by atoms with Crippen molar-refractivity contribution >= 4 is 62.3 Å². The molecule has 1 amide bonds. The Morgan fingerprint density at radius 3 is 1.68 bits per heavy atom. The zero-order valence-corrected chi connectivity index (χ0v) is 18.9. The Morgan fingerprint density at radius 2 is 1.40 bits per heavy atom. The van der Waals surface area contributed by atoms with Gasteiger partial charge in [-0.25, -0.2) is 4.79 Å². The van der Waals surface area contributed by atoms with E-state index in [1.54, 1.807) is 12.1 Å². The van der Waals surface area contributed by atoms with Gasteiger partial charge in [-0.2, -0.15) is 0 Å². The highest BCUT2D eigenvalue weighted by atomic mass is 32.2. The lowest BCUT2D eigenvalue weighted by molar-refractivity contribution is 0.168. The van der Waals surface area contributed by atoms with Gasteiger partial charge in [0.1, 0.15) is 10.5 Å². The van der Waals surface area contributed by atoms with E-state index in [4.69, 9.17) is 4.74 Å². The number of amides is 1. The van der Waals surface area contributed by atoms with E-state index in [-0.39, 0.29) is 16.6 Å². The Kier molecular flexibility index (Phi) is 7.41. The Balaban J connectivity index is 3.64. The first-order valence-electron chi connectivity index (χ1n) is 7.76. The fraction of sp³-hybridized carbons (Fsp3) is 0.588. The highest BCUT2D eigenvalue weighted by Gasteiger charge is 2.31. The molecule has 0 fully saturated rings. The summed E-state index contributed by atoms with van der Waals surface area (Å²) in [7, 11) is 0. The molecule has 0 saturated carbocycles. The molecule has 0 aliphatic rings. The second kappa shape index (κ2) is 8.15. The van der Waals surface area contributed by atoms with E-state index in [0.29, 0.717) is 5.69 Å². The normalized spacial score (nSPS) is 12.6. The third kappa shape index (κ3) is 5.84. The van der Waals surface area contributed by atoms with Gasteiger partial charge in [0.25, 0.3) is 0 Å². The third-order valence-corrected chi connectivity index (χ3v) is 4.30. The standard InChI is InChI=1S/C17H27NO3S4/c1-16(2,3)10-7-9(8-11(12(10)19)17(4,5)6)18(14(22)23)13(20)21-15(24)25/h7-8,14-15,19,22-25H,1-6H3. The van der Waals surface area contributed by atoms with E-state index in [1.165, 1.54) is 4.90 Å². The van der Waals surface area contributed by atoms with Gasteiger partial charge >= 0.3 is 6.09 Å². The number of rotatable bonds is 3. The van der Waals surface area contributed by atoms with Crippen molar-refractivity contribution in [3.05, 3.63) is 23.3 Å². The van der Waals surface area contributed by atoms with E-state index in [2.05, 4.69) is 50.5 Å².